The Labute approximate surface area is 95.7 Å². The zero-order valence-corrected chi connectivity index (χ0v) is 9.30. The van der Waals surface area contributed by atoms with Crippen LogP contribution in [0, 0.1) is 5.92 Å². The molecule has 86 valence electrons. The number of benzene rings is 1. The van der Waals surface area contributed by atoms with Crippen molar-refractivity contribution in [1.29, 1.82) is 0 Å². The molecule has 0 saturated carbocycles. The molecule has 1 aliphatic rings. The summed E-state index contributed by atoms with van der Waals surface area (Å²) in [7, 11) is 0. The molecule has 1 fully saturated rings. The van der Waals surface area contributed by atoms with E-state index in [1.54, 1.807) is 0 Å². The fraction of sp³-hybridized carbons (Fsp3) is 0.462. The van der Waals surface area contributed by atoms with Crippen LogP contribution < -0.4 is 0 Å². The molecule has 0 spiro atoms. The molecule has 2 rings (SSSR count). The predicted molar refractivity (Wildman–Crippen MR) is 62.4 cm³/mol. The Morgan fingerprint density at radius 2 is 2.12 bits per heavy atom. The number of hydrogen-bond donors (Lipinski definition) is 1. The van der Waals surface area contributed by atoms with Gasteiger partial charge < -0.3 is 5.11 Å². The Balaban J connectivity index is 1.89. The van der Waals surface area contributed by atoms with E-state index in [1.165, 1.54) is 0 Å². The number of Topliss-reactive ketones (excluding diaryl/α,β-unsaturated/α-hetero) is 1. The van der Waals surface area contributed by atoms with E-state index in [4.69, 9.17) is 5.11 Å². The lowest BCUT2D eigenvalue weighted by Crippen LogP contribution is -2.28. The lowest BCUT2D eigenvalue weighted by atomic mass is 10.1. The number of aliphatic hydroxyl groups is 1. The second-order valence-electron chi connectivity index (χ2n) is 4.36. The summed E-state index contributed by atoms with van der Waals surface area (Å²) in [4.78, 5) is 14.0. The summed E-state index contributed by atoms with van der Waals surface area (Å²) in [5, 5.41) is 9.02. The van der Waals surface area contributed by atoms with Crippen LogP contribution >= 0.6 is 0 Å². The van der Waals surface area contributed by atoms with Crippen LogP contribution in [-0.4, -0.2) is 42.0 Å². The van der Waals surface area contributed by atoms with E-state index in [0.717, 1.165) is 25.1 Å². The normalized spacial score (nSPS) is 21.2. The minimum Gasteiger partial charge on any atom is -0.396 e. The van der Waals surface area contributed by atoms with E-state index >= 15 is 0 Å². The first-order valence-electron chi connectivity index (χ1n) is 5.71. The molecule has 0 bridgehead atoms. The number of ketones is 1. The summed E-state index contributed by atoms with van der Waals surface area (Å²) >= 11 is 0. The number of carbonyl (C=O) groups excluding carboxylic acids is 1. The Morgan fingerprint density at radius 1 is 1.38 bits per heavy atom. The van der Waals surface area contributed by atoms with Crippen LogP contribution in [0.2, 0.25) is 0 Å². The van der Waals surface area contributed by atoms with Crippen LogP contribution in [0.25, 0.3) is 0 Å². The van der Waals surface area contributed by atoms with Gasteiger partial charge in [0, 0.05) is 18.7 Å². The molecular weight excluding hydrogens is 202 g/mol. The van der Waals surface area contributed by atoms with Gasteiger partial charge in [0.25, 0.3) is 0 Å². The third kappa shape index (κ3) is 2.68. The topological polar surface area (TPSA) is 40.5 Å². The maximum absolute atomic E-state index is 11.9. The van der Waals surface area contributed by atoms with Gasteiger partial charge in [0.2, 0.25) is 0 Å². The highest BCUT2D eigenvalue weighted by Crippen LogP contribution is 2.15. The molecule has 1 saturated heterocycles. The molecule has 1 N–H and O–H groups in total. The Morgan fingerprint density at radius 3 is 2.75 bits per heavy atom. The van der Waals surface area contributed by atoms with E-state index in [2.05, 4.69) is 4.90 Å². The molecule has 1 aromatic carbocycles. The van der Waals surface area contributed by atoms with Crippen molar-refractivity contribution in [3.05, 3.63) is 35.9 Å². The van der Waals surface area contributed by atoms with Gasteiger partial charge in [-0.1, -0.05) is 30.3 Å². The predicted octanol–water partition coefficient (Wildman–Crippen LogP) is 1.18. The molecule has 3 nitrogen and oxygen atoms in total. The Hall–Kier alpha value is -1.19. The summed E-state index contributed by atoms with van der Waals surface area (Å²) in [6.07, 6.45) is 0.999. The monoisotopic (exact) mass is 219 g/mol. The van der Waals surface area contributed by atoms with Crippen LogP contribution in [-0.2, 0) is 0 Å². The van der Waals surface area contributed by atoms with Gasteiger partial charge in [-0.3, -0.25) is 9.69 Å². The zero-order chi connectivity index (χ0) is 11.4. The number of likely N-dealkylation sites (tertiary alicyclic amines) is 1. The van der Waals surface area contributed by atoms with Gasteiger partial charge in [-0.15, -0.1) is 0 Å². The molecule has 3 heteroatoms. The third-order valence-electron chi connectivity index (χ3n) is 3.09. The first kappa shape index (κ1) is 11.3. The third-order valence-corrected chi connectivity index (χ3v) is 3.09. The summed E-state index contributed by atoms with van der Waals surface area (Å²) in [5.74, 6) is 0.516. The van der Waals surface area contributed by atoms with Crippen molar-refractivity contribution >= 4 is 5.78 Å². The van der Waals surface area contributed by atoms with Crippen LogP contribution in [0.4, 0.5) is 0 Å². The summed E-state index contributed by atoms with van der Waals surface area (Å²) in [5.41, 5.74) is 0.773. The molecule has 1 aliphatic heterocycles. The molecule has 0 amide bonds. The van der Waals surface area contributed by atoms with Gasteiger partial charge in [0.15, 0.2) is 5.78 Å². The number of carbonyl (C=O) groups is 1. The number of rotatable bonds is 4. The minimum absolute atomic E-state index is 0.166. The van der Waals surface area contributed by atoms with Crippen LogP contribution in [0.1, 0.15) is 16.8 Å². The maximum Gasteiger partial charge on any atom is 0.176 e. The van der Waals surface area contributed by atoms with Crippen molar-refractivity contribution in [1.82, 2.24) is 4.90 Å². The largest absolute Gasteiger partial charge is 0.396 e. The molecule has 1 atom stereocenters. The number of hydrogen-bond acceptors (Lipinski definition) is 3. The molecule has 0 radical (unpaired) electrons. The van der Waals surface area contributed by atoms with Gasteiger partial charge in [0.05, 0.1) is 6.54 Å². The smallest absolute Gasteiger partial charge is 0.176 e. The molecule has 1 aromatic rings. The SMILES string of the molecule is O=C(CN1CC[C@H](CO)C1)c1ccccc1. The molecule has 0 unspecified atom stereocenters. The number of nitrogens with zero attached hydrogens (tertiary/aromatic N) is 1. The van der Waals surface area contributed by atoms with Crippen LogP contribution in [0.15, 0.2) is 30.3 Å². The zero-order valence-electron chi connectivity index (χ0n) is 9.30. The summed E-state index contributed by atoms with van der Waals surface area (Å²) in [6.45, 7) is 2.47. The standard InChI is InChI=1S/C13H17NO2/c15-10-11-6-7-14(8-11)9-13(16)12-4-2-1-3-5-12/h1-5,11,15H,6-10H2/t11-/m0/s1. The second kappa shape index (κ2) is 5.23. The van der Waals surface area contributed by atoms with E-state index < -0.39 is 0 Å². The van der Waals surface area contributed by atoms with Crippen molar-refractivity contribution < 1.29 is 9.90 Å². The van der Waals surface area contributed by atoms with Crippen molar-refractivity contribution in [2.45, 2.75) is 6.42 Å². The van der Waals surface area contributed by atoms with Crippen LogP contribution in [0.3, 0.4) is 0 Å². The van der Waals surface area contributed by atoms with Gasteiger partial charge in [-0.2, -0.15) is 0 Å². The number of aliphatic hydroxyl groups excluding tert-OH is 1. The molecular formula is C13H17NO2. The van der Waals surface area contributed by atoms with E-state index in [9.17, 15) is 4.79 Å². The quantitative estimate of drug-likeness (QED) is 0.773. The first-order valence-corrected chi connectivity index (χ1v) is 5.71. The highest BCUT2D eigenvalue weighted by molar-refractivity contribution is 5.97. The van der Waals surface area contributed by atoms with Gasteiger partial charge in [-0.05, 0) is 18.9 Å². The van der Waals surface area contributed by atoms with Crippen molar-refractivity contribution in [2.75, 3.05) is 26.2 Å². The fourth-order valence-electron chi connectivity index (χ4n) is 2.12. The lowest BCUT2D eigenvalue weighted by molar-refractivity contribution is 0.0940. The second-order valence-corrected chi connectivity index (χ2v) is 4.36. The van der Waals surface area contributed by atoms with Gasteiger partial charge in [-0.25, -0.2) is 0 Å². The van der Waals surface area contributed by atoms with Crippen molar-refractivity contribution in [3.8, 4) is 0 Å². The van der Waals surface area contributed by atoms with E-state index in [1.807, 2.05) is 30.3 Å². The maximum atomic E-state index is 11.9. The van der Waals surface area contributed by atoms with E-state index in [0.29, 0.717) is 12.5 Å². The average molecular weight is 219 g/mol. The molecule has 0 aromatic heterocycles. The first-order chi connectivity index (χ1) is 7.79. The highest BCUT2D eigenvalue weighted by atomic mass is 16.3. The summed E-state index contributed by atoms with van der Waals surface area (Å²) < 4.78 is 0. The Bertz CT molecular complexity index is 350. The highest BCUT2D eigenvalue weighted by Gasteiger charge is 2.23. The minimum atomic E-state index is 0.166. The van der Waals surface area contributed by atoms with Crippen LogP contribution in [0.5, 0.6) is 0 Å². The van der Waals surface area contributed by atoms with Gasteiger partial charge in [0.1, 0.15) is 0 Å². The molecule has 0 aliphatic carbocycles. The van der Waals surface area contributed by atoms with Gasteiger partial charge >= 0.3 is 0 Å². The van der Waals surface area contributed by atoms with E-state index in [-0.39, 0.29) is 12.4 Å². The van der Waals surface area contributed by atoms with Crippen molar-refractivity contribution in [2.24, 2.45) is 5.92 Å². The lowest BCUT2D eigenvalue weighted by Gasteiger charge is -2.14. The summed E-state index contributed by atoms with van der Waals surface area (Å²) in [6, 6.07) is 9.37. The molecule has 1 heterocycles. The molecule has 16 heavy (non-hydrogen) atoms. The van der Waals surface area contributed by atoms with Crippen molar-refractivity contribution in [3.63, 3.8) is 0 Å². The fourth-order valence-corrected chi connectivity index (χ4v) is 2.12. The average Bonchev–Trinajstić information content (AvgIpc) is 2.78. The Kier molecular flexibility index (Phi) is 3.70.